The van der Waals surface area contributed by atoms with Crippen molar-refractivity contribution in [1.82, 2.24) is 0 Å². The second kappa shape index (κ2) is 4.17. The Labute approximate surface area is 114 Å². The topological polar surface area (TPSA) is 89.7 Å². The van der Waals surface area contributed by atoms with Crippen LogP contribution in [0.5, 0.6) is 0 Å². The highest BCUT2D eigenvalue weighted by molar-refractivity contribution is 9.10. The molecule has 0 aromatic rings. The number of hydrogen-bond donors (Lipinski definition) is 1. The van der Waals surface area contributed by atoms with Gasteiger partial charge < -0.3 is 9.84 Å². The second-order valence-electron chi connectivity index (χ2n) is 4.43. The summed E-state index contributed by atoms with van der Waals surface area (Å²) in [6.07, 6.45) is -0.394. The zero-order valence-electron chi connectivity index (χ0n) is 8.88. The van der Waals surface area contributed by atoms with Gasteiger partial charge in [0.15, 0.2) is 0 Å². The predicted molar refractivity (Wildman–Crippen MR) is 64.5 cm³/mol. The predicted octanol–water partition coefficient (Wildman–Crippen LogP) is 0.918. The highest BCUT2D eigenvalue weighted by Gasteiger charge is 2.74. The van der Waals surface area contributed by atoms with E-state index in [1.165, 1.54) is 7.11 Å². The van der Waals surface area contributed by atoms with E-state index in [0.29, 0.717) is 6.42 Å². The number of carbonyl (C=O) groups excluding carboxylic acids is 1. The number of esters is 1. The van der Waals surface area contributed by atoms with Crippen molar-refractivity contribution in [2.45, 2.75) is 21.8 Å². The minimum atomic E-state index is -1.62. The van der Waals surface area contributed by atoms with Crippen LogP contribution in [0.1, 0.15) is 6.42 Å². The molecule has 0 aliphatic heterocycles. The fraction of sp³-hybridized carbons (Fsp3) is 0.889. The van der Waals surface area contributed by atoms with Crippen LogP contribution in [0.4, 0.5) is 0 Å². The van der Waals surface area contributed by atoms with Gasteiger partial charge in [0.25, 0.3) is 4.45 Å². The smallest absolute Gasteiger partial charge is 0.317 e. The van der Waals surface area contributed by atoms with Crippen molar-refractivity contribution in [2.75, 3.05) is 7.11 Å². The van der Waals surface area contributed by atoms with Gasteiger partial charge in [-0.1, -0.05) is 15.9 Å². The summed E-state index contributed by atoms with van der Waals surface area (Å²) in [6.45, 7) is 0. The highest BCUT2D eigenvalue weighted by atomic mass is 79.9. The van der Waals surface area contributed by atoms with Gasteiger partial charge >= 0.3 is 5.97 Å². The zero-order valence-corrected chi connectivity index (χ0v) is 12.0. The van der Waals surface area contributed by atoms with Crippen molar-refractivity contribution < 1.29 is 19.6 Å². The number of fused-ring (bicyclic) bond motifs is 2. The lowest BCUT2D eigenvalue weighted by Crippen LogP contribution is -2.55. The van der Waals surface area contributed by atoms with Gasteiger partial charge in [-0.25, -0.2) is 0 Å². The summed E-state index contributed by atoms with van der Waals surface area (Å²) in [6, 6.07) is 0. The SMILES string of the molecule is COC(=O)C1C2CC(C(O)C2Br)C1(Br)[N+](=O)[O-]. The van der Waals surface area contributed by atoms with Crippen LogP contribution in [-0.2, 0) is 9.53 Å². The molecular weight excluding hydrogens is 362 g/mol. The molecule has 2 bridgehead atoms. The molecule has 0 aromatic heterocycles. The Hall–Kier alpha value is -0.210. The van der Waals surface area contributed by atoms with Gasteiger partial charge in [-0.2, -0.15) is 0 Å². The Morgan fingerprint density at radius 1 is 1.65 bits per heavy atom. The van der Waals surface area contributed by atoms with Crippen LogP contribution in [0.25, 0.3) is 0 Å². The van der Waals surface area contributed by atoms with Crippen LogP contribution in [0.2, 0.25) is 0 Å². The van der Waals surface area contributed by atoms with E-state index in [1.54, 1.807) is 0 Å². The minimum absolute atomic E-state index is 0.285. The lowest BCUT2D eigenvalue weighted by atomic mass is 9.83. The average molecular weight is 373 g/mol. The highest BCUT2D eigenvalue weighted by Crippen LogP contribution is 2.60. The fourth-order valence-corrected chi connectivity index (χ4v) is 4.88. The number of aliphatic hydroxyl groups is 1. The molecule has 6 atom stereocenters. The van der Waals surface area contributed by atoms with Gasteiger partial charge in [0.2, 0.25) is 0 Å². The summed E-state index contributed by atoms with van der Waals surface area (Å²) in [4.78, 5) is 22.1. The van der Waals surface area contributed by atoms with Crippen LogP contribution in [0.3, 0.4) is 0 Å². The van der Waals surface area contributed by atoms with Crippen molar-refractivity contribution >= 4 is 37.8 Å². The molecule has 0 saturated heterocycles. The molecule has 2 aliphatic carbocycles. The minimum Gasteiger partial charge on any atom is -0.469 e. The maximum Gasteiger partial charge on any atom is 0.317 e. The fourth-order valence-electron chi connectivity index (χ4n) is 3.01. The number of halogens is 2. The Balaban J connectivity index is 2.43. The Bertz CT molecular complexity index is 378. The average Bonchev–Trinajstić information content (AvgIpc) is 2.74. The first-order valence-electron chi connectivity index (χ1n) is 5.09. The molecule has 0 heterocycles. The van der Waals surface area contributed by atoms with Gasteiger partial charge in [0, 0.05) is 25.7 Å². The summed E-state index contributed by atoms with van der Waals surface area (Å²) in [5.41, 5.74) is 0. The van der Waals surface area contributed by atoms with Gasteiger partial charge in [0.1, 0.15) is 5.92 Å². The first-order chi connectivity index (χ1) is 7.85. The van der Waals surface area contributed by atoms with E-state index < -0.39 is 33.3 Å². The van der Waals surface area contributed by atoms with E-state index in [9.17, 15) is 20.0 Å². The molecule has 0 amide bonds. The number of nitrogens with zero attached hydrogens (tertiary/aromatic N) is 1. The zero-order chi connectivity index (χ0) is 13.0. The molecule has 2 rings (SSSR count). The molecule has 2 fully saturated rings. The molecule has 1 N–H and O–H groups in total. The Kier molecular flexibility index (Phi) is 3.24. The maximum atomic E-state index is 11.7. The Morgan fingerprint density at radius 2 is 2.24 bits per heavy atom. The van der Waals surface area contributed by atoms with Gasteiger partial charge in [-0.3, -0.25) is 14.9 Å². The summed E-state index contributed by atoms with van der Waals surface area (Å²) in [7, 11) is 1.21. The molecule has 0 aromatic carbocycles. The standard InChI is InChI=1S/C9H11Br2NO5/c1-17-8(14)5-3-2-4(7(13)6(3)10)9(5,11)12(15)16/h3-7,13H,2H2,1H3. The van der Waals surface area contributed by atoms with Crippen LogP contribution in [0, 0.1) is 27.9 Å². The first kappa shape index (κ1) is 13.2. The normalized spacial score (nSPS) is 48.1. The summed E-state index contributed by atoms with van der Waals surface area (Å²) in [5, 5.41) is 21.1. The van der Waals surface area contributed by atoms with Crippen LogP contribution in [0.15, 0.2) is 0 Å². The maximum absolute atomic E-state index is 11.7. The number of aliphatic hydroxyl groups excluding tert-OH is 1. The third-order valence-electron chi connectivity index (χ3n) is 3.79. The van der Waals surface area contributed by atoms with E-state index >= 15 is 0 Å². The van der Waals surface area contributed by atoms with Crippen molar-refractivity contribution in [3.63, 3.8) is 0 Å². The molecular formula is C9H11Br2NO5. The molecule has 6 nitrogen and oxygen atoms in total. The summed E-state index contributed by atoms with van der Waals surface area (Å²) >= 11 is 6.36. The van der Waals surface area contributed by atoms with Gasteiger partial charge in [-0.05, 0) is 12.3 Å². The molecule has 6 unspecified atom stereocenters. The van der Waals surface area contributed by atoms with E-state index in [0.717, 1.165) is 0 Å². The van der Waals surface area contributed by atoms with Crippen molar-refractivity contribution in [3.8, 4) is 0 Å². The molecule has 17 heavy (non-hydrogen) atoms. The third-order valence-corrected chi connectivity index (χ3v) is 6.38. The summed E-state index contributed by atoms with van der Waals surface area (Å²) < 4.78 is 3.02. The number of nitro groups is 1. The molecule has 96 valence electrons. The quantitative estimate of drug-likeness (QED) is 0.256. The number of alkyl halides is 2. The number of rotatable bonds is 2. The monoisotopic (exact) mass is 371 g/mol. The first-order valence-corrected chi connectivity index (χ1v) is 6.80. The molecule has 0 spiro atoms. The van der Waals surface area contributed by atoms with E-state index in [2.05, 4.69) is 36.6 Å². The molecule has 2 aliphatic rings. The van der Waals surface area contributed by atoms with Crippen molar-refractivity contribution in [2.24, 2.45) is 17.8 Å². The van der Waals surface area contributed by atoms with Crippen molar-refractivity contribution in [3.05, 3.63) is 10.1 Å². The number of methoxy groups -OCH3 is 1. The molecule has 2 saturated carbocycles. The third kappa shape index (κ3) is 1.57. The molecule has 0 radical (unpaired) electrons. The summed E-state index contributed by atoms with van der Waals surface area (Å²) in [5.74, 6) is -2.36. The lowest BCUT2D eigenvalue weighted by molar-refractivity contribution is -0.553. The number of hydrogen-bond acceptors (Lipinski definition) is 5. The van der Waals surface area contributed by atoms with Crippen molar-refractivity contribution in [1.29, 1.82) is 0 Å². The molecule has 8 heteroatoms. The van der Waals surface area contributed by atoms with E-state index in [4.69, 9.17) is 0 Å². The second-order valence-corrected chi connectivity index (χ2v) is 6.75. The van der Waals surface area contributed by atoms with Gasteiger partial charge in [-0.15, -0.1) is 0 Å². The number of carbonyl (C=O) groups is 1. The van der Waals surface area contributed by atoms with E-state index in [1.807, 2.05) is 0 Å². The van der Waals surface area contributed by atoms with Crippen LogP contribution >= 0.6 is 31.9 Å². The van der Waals surface area contributed by atoms with E-state index in [-0.39, 0.29) is 10.7 Å². The number of ether oxygens (including phenoxy) is 1. The largest absolute Gasteiger partial charge is 0.469 e. The van der Waals surface area contributed by atoms with Gasteiger partial charge in [0.05, 0.1) is 19.1 Å². The van der Waals surface area contributed by atoms with Crippen LogP contribution < -0.4 is 0 Å². The Morgan fingerprint density at radius 3 is 2.71 bits per heavy atom. The van der Waals surface area contributed by atoms with Crippen LogP contribution in [-0.4, -0.2) is 38.5 Å². The lowest BCUT2D eigenvalue weighted by Gasteiger charge is -2.35.